The first-order chi connectivity index (χ1) is 8.90. The van der Waals surface area contributed by atoms with Crippen LogP contribution in [-0.4, -0.2) is 20.6 Å². The van der Waals surface area contributed by atoms with Crippen LogP contribution in [0.2, 0.25) is 5.02 Å². The standard InChI is InChI=1S/C12H9ClN2O4/c1-6-2-3-7(4-8(6)13)15-10(16)5-9(11(17)18)14-12(15)19/h2-5H,1H3,(H,14,19)(H,17,18). The van der Waals surface area contributed by atoms with E-state index in [1.54, 1.807) is 19.1 Å². The predicted molar refractivity (Wildman–Crippen MR) is 69.4 cm³/mol. The highest BCUT2D eigenvalue weighted by Crippen LogP contribution is 2.17. The van der Waals surface area contributed by atoms with Gasteiger partial charge in [-0.15, -0.1) is 0 Å². The van der Waals surface area contributed by atoms with Crippen molar-refractivity contribution >= 4 is 17.6 Å². The van der Waals surface area contributed by atoms with E-state index in [1.807, 2.05) is 0 Å². The summed E-state index contributed by atoms with van der Waals surface area (Å²) < 4.78 is 0.817. The first-order valence-electron chi connectivity index (χ1n) is 5.26. The van der Waals surface area contributed by atoms with E-state index in [9.17, 15) is 14.4 Å². The predicted octanol–water partition coefficient (Wildman–Crippen LogP) is 1.19. The molecule has 0 aliphatic heterocycles. The van der Waals surface area contributed by atoms with Crippen molar-refractivity contribution in [3.05, 3.63) is 61.4 Å². The average molecular weight is 281 g/mol. The van der Waals surface area contributed by atoms with Crippen molar-refractivity contribution < 1.29 is 9.90 Å². The molecule has 2 rings (SSSR count). The van der Waals surface area contributed by atoms with E-state index in [-0.39, 0.29) is 5.69 Å². The number of carboxylic acid groups (broad SMARTS) is 1. The van der Waals surface area contributed by atoms with E-state index in [0.717, 1.165) is 16.2 Å². The molecule has 0 fully saturated rings. The Hall–Kier alpha value is -2.34. The molecule has 7 heteroatoms. The number of benzene rings is 1. The summed E-state index contributed by atoms with van der Waals surface area (Å²) >= 11 is 5.93. The molecule has 1 heterocycles. The molecule has 0 atom stereocenters. The first-order valence-corrected chi connectivity index (χ1v) is 5.64. The number of aromatic carboxylic acids is 1. The number of nitrogens with zero attached hydrogens (tertiary/aromatic N) is 1. The lowest BCUT2D eigenvalue weighted by atomic mass is 10.2. The van der Waals surface area contributed by atoms with Crippen molar-refractivity contribution in [2.45, 2.75) is 6.92 Å². The lowest BCUT2D eigenvalue weighted by Crippen LogP contribution is -2.35. The summed E-state index contributed by atoms with van der Waals surface area (Å²) in [6.45, 7) is 1.78. The zero-order valence-corrected chi connectivity index (χ0v) is 10.6. The first kappa shape index (κ1) is 13.1. The Morgan fingerprint density at radius 1 is 1.32 bits per heavy atom. The molecular weight excluding hydrogens is 272 g/mol. The molecule has 1 aromatic carbocycles. The van der Waals surface area contributed by atoms with Crippen LogP contribution in [-0.2, 0) is 0 Å². The van der Waals surface area contributed by atoms with Gasteiger partial charge >= 0.3 is 11.7 Å². The van der Waals surface area contributed by atoms with Crippen LogP contribution in [0.15, 0.2) is 33.9 Å². The number of rotatable bonds is 2. The molecular formula is C12H9ClN2O4. The van der Waals surface area contributed by atoms with Gasteiger partial charge in [0, 0.05) is 11.1 Å². The molecule has 0 saturated heterocycles. The Morgan fingerprint density at radius 3 is 2.53 bits per heavy atom. The highest BCUT2D eigenvalue weighted by atomic mass is 35.5. The third-order valence-electron chi connectivity index (χ3n) is 2.58. The fraction of sp³-hybridized carbons (Fsp3) is 0.0833. The van der Waals surface area contributed by atoms with E-state index in [1.165, 1.54) is 6.07 Å². The minimum atomic E-state index is -1.37. The van der Waals surface area contributed by atoms with Gasteiger partial charge in [-0.3, -0.25) is 4.79 Å². The van der Waals surface area contributed by atoms with Crippen molar-refractivity contribution in [1.82, 2.24) is 9.55 Å². The van der Waals surface area contributed by atoms with Crippen molar-refractivity contribution in [1.29, 1.82) is 0 Å². The number of aromatic amines is 1. The molecule has 0 unspecified atom stereocenters. The summed E-state index contributed by atoms with van der Waals surface area (Å²) in [6, 6.07) is 5.53. The number of halogens is 1. The van der Waals surface area contributed by atoms with Gasteiger partial charge in [-0.1, -0.05) is 17.7 Å². The summed E-state index contributed by atoms with van der Waals surface area (Å²) in [5.41, 5.74) is -0.939. The highest BCUT2D eigenvalue weighted by Gasteiger charge is 2.11. The Morgan fingerprint density at radius 2 is 2.00 bits per heavy atom. The molecule has 0 spiro atoms. The van der Waals surface area contributed by atoms with Crippen LogP contribution < -0.4 is 11.2 Å². The Bertz CT molecular complexity index is 745. The zero-order chi connectivity index (χ0) is 14.2. The van der Waals surface area contributed by atoms with Gasteiger partial charge in [0.2, 0.25) is 0 Å². The van der Waals surface area contributed by atoms with Crippen LogP contribution >= 0.6 is 11.6 Å². The number of carbonyl (C=O) groups is 1. The third-order valence-corrected chi connectivity index (χ3v) is 2.98. The molecule has 0 bridgehead atoms. The number of aromatic nitrogens is 2. The lowest BCUT2D eigenvalue weighted by molar-refractivity contribution is 0.0689. The molecule has 6 nitrogen and oxygen atoms in total. The van der Waals surface area contributed by atoms with Crippen LogP contribution in [0.5, 0.6) is 0 Å². The number of aryl methyl sites for hydroxylation is 1. The summed E-state index contributed by atoms with van der Waals surface area (Å²) in [4.78, 5) is 36.4. The number of hydrogen-bond acceptors (Lipinski definition) is 3. The minimum Gasteiger partial charge on any atom is -0.477 e. The number of carboxylic acids is 1. The third kappa shape index (κ3) is 2.43. The monoisotopic (exact) mass is 280 g/mol. The van der Waals surface area contributed by atoms with Crippen LogP contribution in [0.25, 0.3) is 5.69 Å². The molecule has 19 heavy (non-hydrogen) atoms. The van der Waals surface area contributed by atoms with Gasteiger partial charge in [0.25, 0.3) is 5.56 Å². The Labute approximate surface area is 111 Å². The van der Waals surface area contributed by atoms with Crippen LogP contribution in [0.4, 0.5) is 0 Å². The topological polar surface area (TPSA) is 92.2 Å². The molecule has 0 amide bonds. The van der Waals surface area contributed by atoms with Gasteiger partial charge in [-0.2, -0.15) is 0 Å². The highest BCUT2D eigenvalue weighted by molar-refractivity contribution is 6.31. The van der Waals surface area contributed by atoms with E-state index < -0.39 is 22.9 Å². The van der Waals surface area contributed by atoms with E-state index in [2.05, 4.69) is 4.98 Å². The second kappa shape index (κ2) is 4.74. The second-order valence-corrected chi connectivity index (χ2v) is 4.31. The molecule has 0 aliphatic rings. The smallest absolute Gasteiger partial charge is 0.352 e. The van der Waals surface area contributed by atoms with Gasteiger partial charge in [0.05, 0.1) is 5.69 Å². The summed E-state index contributed by atoms with van der Waals surface area (Å²) in [5, 5.41) is 9.14. The van der Waals surface area contributed by atoms with Crippen molar-refractivity contribution in [2.24, 2.45) is 0 Å². The Kier molecular flexibility index (Phi) is 3.26. The van der Waals surface area contributed by atoms with Gasteiger partial charge in [0.15, 0.2) is 0 Å². The summed E-state index contributed by atoms with van der Waals surface area (Å²) in [6.07, 6.45) is 0. The number of nitrogens with one attached hydrogen (secondary N) is 1. The second-order valence-electron chi connectivity index (χ2n) is 3.90. The summed E-state index contributed by atoms with van der Waals surface area (Å²) in [5.74, 6) is -1.37. The maximum Gasteiger partial charge on any atom is 0.352 e. The lowest BCUT2D eigenvalue weighted by Gasteiger charge is -2.06. The molecule has 0 radical (unpaired) electrons. The maximum atomic E-state index is 11.8. The number of hydrogen-bond donors (Lipinski definition) is 2. The summed E-state index contributed by atoms with van der Waals surface area (Å²) in [7, 11) is 0. The number of H-pyrrole nitrogens is 1. The normalized spacial score (nSPS) is 10.4. The van der Waals surface area contributed by atoms with Crippen LogP contribution in [0, 0.1) is 6.92 Å². The van der Waals surface area contributed by atoms with E-state index in [0.29, 0.717) is 5.02 Å². The fourth-order valence-electron chi connectivity index (χ4n) is 1.58. The molecule has 1 aromatic heterocycles. The molecule has 2 aromatic rings. The minimum absolute atomic E-state index is 0.277. The van der Waals surface area contributed by atoms with E-state index >= 15 is 0 Å². The largest absolute Gasteiger partial charge is 0.477 e. The molecule has 2 N–H and O–H groups in total. The van der Waals surface area contributed by atoms with Crippen LogP contribution in [0.3, 0.4) is 0 Å². The van der Waals surface area contributed by atoms with Crippen molar-refractivity contribution in [3.8, 4) is 5.69 Å². The molecule has 98 valence electrons. The average Bonchev–Trinajstić information content (AvgIpc) is 2.32. The van der Waals surface area contributed by atoms with E-state index in [4.69, 9.17) is 16.7 Å². The molecule has 0 saturated carbocycles. The van der Waals surface area contributed by atoms with Gasteiger partial charge in [-0.05, 0) is 24.6 Å². The fourth-order valence-corrected chi connectivity index (χ4v) is 1.75. The maximum absolute atomic E-state index is 11.8. The quantitative estimate of drug-likeness (QED) is 0.864. The zero-order valence-electron chi connectivity index (χ0n) is 9.81. The van der Waals surface area contributed by atoms with Gasteiger partial charge in [-0.25, -0.2) is 14.2 Å². The van der Waals surface area contributed by atoms with Crippen molar-refractivity contribution in [3.63, 3.8) is 0 Å². The van der Waals surface area contributed by atoms with Gasteiger partial charge in [0.1, 0.15) is 5.69 Å². The SMILES string of the molecule is Cc1ccc(-n2c(=O)cc(C(=O)O)[nH]c2=O)cc1Cl. The van der Waals surface area contributed by atoms with Gasteiger partial charge < -0.3 is 10.1 Å². The molecule has 0 aliphatic carbocycles. The van der Waals surface area contributed by atoms with Crippen LogP contribution in [0.1, 0.15) is 16.1 Å². The Balaban J connectivity index is 2.70. The van der Waals surface area contributed by atoms with Crippen molar-refractivity contribution in [2.75, 3.05) is 0 Å².